The molecule has 0 N–H and O–H groups in total. The molecule has 0 aliphatic heterocycles. The van der Waals surface area contributed by atoms with Crippen LogP contribution in [0.1, 0.15) is 36.0 Å². The van der Waals surface area contributed by atoms with Gasteiger partial charge in [-0.3, -0.25) is 0 Å². The highest BCUT2D eigenvalue weighted by atomic mass is 32.1. The topological polar surface area (TPSA) is 25.8 Å². The Balaban J connectivity index is 2.78. The van der Waals surface area contributed by atoms with Gasteiger partial charge < -0.3 is 0 Å². The Bertz CT molecular complexity index is 558. The summed E-state index contributed by atoms with van der Waals surface area (Å²) in [4.78, 5) is 8.50. The summed E-state index contributed by atoms with van der Waals surface area (Å²) in [6.45, 7) is 5.33. The molecule has 2 aromatic rings. The van der Waals surface area contributed by atoms with Crippen molar-refractivity contribution in [3.8, 4) is 0 Å². The standard InChI is InChI=1S/C11H11F3N2S/c1-5(2)8-4-7(11(12,13)14)9-10(16-8)17-6(3)15-9/h4-5H,1-3H3. The van der Waals surface area contributed by atoms with Gasteiger partial charge in [0.05, 0.1) is 10.6 Å². The predicted molar refractivity (Wildman–Crippen MR) is 61.2 cm³/mol. The van der Waals surface area contributed by atoms with E-state index in [0.29, 0.717) is 15.5 Å². The maximum absolute atomic E-state index is 12.9. The second-order valence-corrected chi connectivity index (χ2v) is 5.32. The van der Waals surface area contributed by atoms with Gasteiger partial charge in [-0.2, -0.15) is 13.2 Å². The van der Waals surface area contributed by atoms with Crippen molar-refractivity contribution < 1.29 is 13.2 Å². The van der Waals surface area contributed by atoms with Gasteiger partial charge in [-0.25, -0.2) is 9.97 Å². The fourth-order valence-electron chi connectivity index (χ4n) is 1.55. The van der Waals surface area contributed by atoms with Gasteiger partial charge in [-0.1, -0.05) is 25.2 Å². The molecule has 0 radical (unpaired) electrons. The molecule has 0 saturated heterocycles. The van der Waals surface area contributed by atoms with Crippen LogP contribution in [-0.2, 0) is 6.18 Å². The molecule has 0 amide bonds. The number of fused-ring (bicyclic) bond motifs is 1. The molecule has 0 aliphatic rings. The first-order valence-corrected chi connectivity index (χ1v) is 5.96. The first kappa shape index (κ1) is 12.3. The Morgan fingerprint density at radius 2 is 1.88 bits per heavy atom. The highest BCUT2D eigenvalue weighted by Crippen LogP contribution is 2.37. The summed E-state index contributed by atoms with van der Waals surface area (Å²) >= 11 is 1.19. The summed E-state index contributed by atoms with van der Waals surface area (Å²) in [5, 5.41) is 0.596. The normalized spacial score (nSPS) is 12.6. The summed E-state index contributed by atoms with van der Waals surface area (Å²) in [5.74, 6) is -0.0390. The van der Waals surface area contributed by atoms with Crippen molar-refractivity contribution in [3.05, 3.63) is 22.3 Å². The summed E-state index contributed by atoms with van der Waals surface area (Å²) in [6, 6.07) is 1.10. The quantitative estimate of drug-likeness (QED) is 0.770. The Labute approximate surface area is 101 Å². The van der Waals surface area contributed by atoms with Crippen molar-refractivity contribution in [3.63, 3.8) is 0 Å². The smallest absolute Gasteiger partial charge is 0.240 e. The van der Waals surface area contributed by atoms with Crippen LogP contribution in [0.25, 0.3) is 10.3 Å². The van der Waals surface area contributed by atoms with Gasteiger partial charge in [-0.15, -0.1) is 0 Å². The van der Waals surface area contributed by atoms with Gasteiger partial charge in [0.2, 0.25) is 0 Å². The molecule has 2 heterocycles. The fourth-order valence-corrected chi connectivity index (χ4v) is 2.37. The van der Waals surface area contributed by atoms with Gasteiger partial charge in [0, 0.05) is 5.69 Å². The summed E-state index contributed by atoms with van der Waals surface area (Å²) < 4.78 is 38.7. The van der Waals surface area contributed by atoms with Gasteiger partial charge in [0.25, 0.3) is 0 Å². The lowest BCUT2D eigenvalue weighted by Crippen LogP contribution is -2.08. The third kappa shape index (κ3) is 2.26. The molecular formula is C11H11F3N2S. The van der Waals surface area contributed by atoms with E-state index in [1.54, 1.807) is 6.92 Å². The molecular weight excluding hydrogens is 249 g/mol. The van der Waals surface area contributed by atoms with Crippen molar-refractivity contribution in [2.24, 2.45) is 0 Å². The van der Waals surface area contributed by atoms with Crippen LogP contribution >= 0.6 is 11.3 Å². The lowest BCUT2D eigenvalue weighted by molar-refractivity contribution is -0.136. The number of aryl methyl sites for hydroxylation is 1. The van der Waals surface area contributed by atoms with Gasteiger partial charge in [0.15, 0.2) is 0 Å². The summed E-state index contributed by atoms with van der Waals surface area (Å²) in [5.41, 5.74) is -0.270. The van der Waals surface area contributed by atoms with Crippen molar-refractivity contribution in [1.29, 1.82) is 0 Å². The maximum Gasteiger partial charge on any atom is 0.418 e. The molecule has 0 saturated carbocycles. The molecule has 6 heteroatoms. The molecule has 0 aromatic carbocycles. The fraction of sp³-hybridized carbons (Fsp3) is 0.455. The number of aromatic nitrogens is 2. The van der Waals surface area contributed by atoms with E-state index < -0.39 is 11.7 Å². The molecule has 92 valence electrons. The van der Waals surface area contributed by atoms with Crippen LogP contribution in [0.2, 0.25) is 0 Å². The first-order chi connectivity index (χ1) is 7.79. The molecule has 0 aliphatic carbocycles. The minimum Gasteiger partial charge on any atom is -0.240 e. The Hall–Kier alpha value is -1.17. The number of alkyl halides is 3. The lowest BCUT2D eigenvalue weighted by Gasteiger charge is -2.10. The highest BCUT2D eigenvalue weighted by molar-refractivity contribution is 7.18. The van der Waals surface area contributed by atoms with Crippen LogP contribution < -0.4 is 0 Å². The number of hydrogen-bond acceptors (Lipinski definition) is 3. The number of hydrogen-bond donors (Lipinski definition) is 0. The molecule has 0 unspecified atom stereocenters. The van der Waals surface area contributed by atoms with E-state index in [9.17, 15) is 13.2 Å². The van der Waals surface area contributed by atoms with E-state index in [4.69, 9.17) is 0 Å². The first-order valence-electron chi connectivity index (χ1n) is 5.14. The SMILES string of the molecule is Cc1nc2c(C(F)(F)F)cc(C(C)C)nc2s1. The van der Waals surface area contributed by atoms with Crippen LogP contribution in [-0.4, -0.2) is 9.97 Å². The lowest BCUT2D eigenvalue weighted by atomic mass is 10.1. The number of thiazole rings is 1. The zero-order valence-corrected chi connectivity index (χ0v) is 10.4. The predicted octanol–water partition coefficient (Wildman–Crippen LogP) is 4.14. The van der Waals surface area contributed by atoms with Gasteiger partial charge >= 0.3 is 6.18 Å². The van der Waals surface area contributed by atoms with E-state index in [1.165, 1.54) is 11.3 Å². The molecule has 2 nitrogen and oxygen atoms in total. The second-order valence-electron chi connectivity index (χ2n) is 4.13. The van der Waals surface area contributed by atoms with Crippen molar-refractivity contribution in [2.75, 3.05) is 0 Å². The van der Waals surface area contributed by atoms with Crippen molar-refractivity contribution in [2.45, 2.75) is 32.9 Å². The Morgan fingerprint density at radius 3 is 2.41 bits per heavy atom. The van der Waals surface area contributed by atoms with E-state index in [0.717, 1.165) is 6.07 Å². The molecule has 2 aromatic heterocycles. The molecule has 0 atom stereocenters. The maximum atomic E-state index is 12.9. The monoisotopic (exact) mass is 260 g/mol. The molecule has 0 bridgehead atoms. The van der Waals surface area contributed by atoms with E-state index in [-0.39, 0.29) is 11.4 Å². The van der Waals surface area contributed by atoms with Crippen LogP contribution in [0.4, 0.5) is 13.2 Å². The summed E-state index contributed by atoms with van der Waals surface area (Å²) in [7, 11) is 0. The molecule has 0 fully saturated rings. The number of rotatable bonds is 1. The van der Waals surface area contributed by atoms with E-state index >= 15 is 0 Å². The van der Waals surface area contributed by atoms with Gasteiger partial charge in [-0.05, 0) is 18.9 Å². The van der Waals surface area contributed by atoms with Crippen LogP contribution in [0.3, 0.4) is 0 Å². The number of halogens is 3. The molecule has 2 rings (SSSR count). The second kappa shape index (κ2) is 3.94. The zero-order chi connectivity index (χ0) is 12.8. The molecule has 0 spiro atoms. The minimum atomic E-state index is -4.38. The van der Waals surface area contributed by atoms with Gasteiger partial charge in [0.1, 0.15) is 10.3 Å². The number of pyridine rings is 1. The minimum absolute atomic E-state index is 0.0376. The third-order valence-electron chi connectivity index (χ3n) is 2.39. The van der Waals surface area contributed by atoms with Crippen LogP contribution in [0.5, 0.6) is 0 Å². The van der Waals surface area contributed by atoms with E-state index in [2.05, 4.69) is 9.97 Å². The van der Waals surface area contributed by atoms with E-state index in [1.807, 2.05) is 13.8 Å². The zero-order valence-electron chi connectivity index (χ0n) is 9.59. The Kier molecular flexibility index (Phi) is 2.85. The van der Waals surface area contributed by atoms with Crippen LogP contribution in [0, 0.1) is 6.92 Å². The largest absolute Gasteiger partial charge is 0.418 e. The third-order valence-corrected chi connectivity index (χ3v) is 3.26. The van der Waals surface area contributed by atoms with Crippen LogP contribution in [0.15, 0.2) is 6.07 Å². The van der Waals surface area contributed by atoms with Crippen molar-refractivity contribution in [1.82, 2.24) is 9.97 Å². The highest BCUT2D eigenvalue weighted by Gasteiger charge is 2.35. The molecule has 17 heavy (non-hydrogen) atoms. The Morgan fingerprint density at radius 1 is 1.24 bits per heavy atom. The average Bonchev–Trinajstić information content (AvgIpc) is 2.54. The summed E-state index contributed by atoms with van der Waals surface area (Å²) in [6.07, 6.45) is -4.38. The average molecular weight is 260 g/mol. The number of nitrogens with zero attached hydrogens (tertiary/aromatic N) is 2. The van der Waals surface area contributed by atoms with Crippen molar-refractivity contribution >= 4 is 21.7 Å².